The number of hydrogen-bond acceptors (Lipinski definition) is 2. The van der Waals surface area contributed by atoms with E-state index in [1.807, 2.05) is 30.3 Å². The Labute approximate surface area is 109 Å². The predicted molar refractivity (Wildman–Crippen MR) is 71.2 cm³/mol. The topological polar surface area (TPSA) is 32.8 Å². The molecule has 1 aliphatic heterocycles. The predicted octanol–water partition coefficient (Wildman–Crippen LogP) is 3.24. The van der Waals surface area contributed by atoms with E-state index in [9.17, 15) is 5.11 Å². The molecule has 1 heterocycles. The van der Waals surface area contributed by atoms with Crippen molar-refractivity contribution >= 4 is 0 Å². The SMILES string of the molecule is CC(C)[C@@](O)(c1ccccc1)[C@@]12CCCC[C@@H]1O2. The fraction of sp³-hybridized carbons (Fsp3) is 0.625. The number of aliphatic hydroxyl groups is 1. The Kier molecular flexibility index (Phi) is 2.76. The lowest BCUT2D eigenvalue weighted by Gasteiger charge is -2.40. The van der Waals surface area contributed by atoms with Gasteiger partial charge in [-0.15, -0.1) is 0 Å². The standard InChI is InChI=1S/C16H22O2/c1-12(2)16(17,13-8-4-3-5-9-13)15-11-7-6-10-14(15)18-15/h3-5,8-9,12,14,17H,6-7,10-11H2,1-2H3/t14-,15+,16+/m0/s1. The van der Waals surface area contributed by atoms with Gasteiger partial charge in [-0.1, -0.05) is 57.0 Å². The minimum absolute atomic E-state index is 0.156. The van der Waals surface area contributed by atoms with Crippen LogP contribution in [-0.2, 0) is 10.3 Å². The van der Waals surface area contributed by atoms with Gasteiger partial charge in [-0.25, -0.2) is 0 Å². The van der Waals surface area contributed by atoms with Gasteiger partial charge in [-0.2, -0.15) is 0 Å². The van der Waals surface area contributed by atoms with Crippen LogP contribution in [0.25, 0.3) is 0 Å². The normalized spacial score (nSPS) is 33.9. The average molecular weight is 246 g/mol. The summed E-state index contributed by atoms with van der Waals surface area (Å²) in [7, 11) is 0. The smallest absolute Gasteiger partial charge is 0.128 e. The molecule has 3 atom stereocenters. The van der Waals surface area contributed by atoms with E-state index in [1.54, 1.807) is 0 Å². The largest absolute Gasteiger partial charge is 0.382 e. The Morgan fingerprint density at radius 2 is 2.00 bits per heavy atom. The van der Waals surface area contributed by atoms with Crippen molar-refractivity contribution in [2.24, 2.45) is 5.92 Å². The highest BCUT2D eigenvalue weighted by atomic mass is 16.6. The van der Waals surface area contributed by atoms with E-state index < -0.39 is 5.60 Å². The van der Waals surface area contributed by atoms with Crippen LogP contribution in [0.2, 0.25) is 0 Å². The Morgan fingerprint density at radius 1 is 1.28 bits per heavy atom. The number of epoxide rings is 1. The van der Waals surface area contributed by atoms with E-state index in [-0.39, 0.29) is 17.6 Å². The molecule has 1 aromatic rings. The van der Waals surface area contributed by atoms with Crippen LogP contribution in [0.3, 0.4) is 0 Å². The quantitative estimate of drug-likeness (QED) is 0.830. The van der Waals surface area contributed by atoms with Gasteiger partial charge in [-0.3, -0.25) is 0 Å². The highest BCUT2D eigenvalue weighted by Crippen LogP contribution is 2.60. The van der Waals surface area contributed by atoms with E-state index in [0.717, 1.165) is 18.4 Å². The molecular formula is C16H22O2. The van der Waals surface area contributed by atoms with Crippen molar-refractivity contribution in [2.75, 3.05) is 0 Å². The maximum Gasteiger partial charge on any atom is 0.128 e. The minimum Gasteiger partial charge on any atom is -0.382 e. The molecule has 2 nitrogen and oxygen atoms in total. The molecule has 0 bridgehead atoms. The van der Waals surface area contributed by atoms with E-state index in [1.165, 1.54) is 12.8 Å². The fourth-order valence-electron chi connectivity index (χ4n) is 3.73. The van der Waals surface area contributed by atoms with Gasteiger partial charge in [0.05, 0.1) is 6.10 Å². The second-order valence-corrected chi connectivity index (χ2v) is 6.03. The van der Waals surface area contributed by atoms with Crippen molar-refractivity contribution in [3.05, 3.63) is 35.9 Å². The number of fused-ring (bicyclic) bond motifs is 1. The van der Waals surface area contributed by atoms with Gasteiger partial charge in [0, 0.05) is 0 Å². The van der Waals surface area contributed by atoms with Crippen molar-refractivity contribution < 1.29 is 9.84 Å². The molecule has 1 aromatic carbocycles. The summed E-state index contributed by atoms with van der Waals surface area (Å²) in [6.07, 6.45) is 4.75. The van der Waals surface area contributed by atoms with Crippen molar-refractivity contribution in [1.29, 1.82) is 0 Å². The molecular weight excluding hydrogens is 224 g/mol. The summed E-state index contributed by atoms with van der Waals surface area (Å²) in [5.74, 6) is 0.156. The van der Waals surface area contributed by atoms with Crippen LogP contribution < -0.4 is 0 Å². The first-order valence-electron chi connectivity index (χ1n) is 7.07. The van der Waals surface area contributed by atoms with Gasteiger partial charge in [0.25, 0.3) is 0 Å². The number of benzene rings is 1. The monoisotopic (exact) mass is 246 g/mol. The third-order valence-electron chi connectivity index (χ3n) is 4.77. The number of rotatable bonds is 3. The molecule has 0 amide bonds. The number of ether oxygens (including phenoxy) is 1. The first-order valence-corrected chi connectivity index (χ1v) is 7.07. The second-order valence-electron chi connectivity index (χ2n) is 6.03. The molecule has 18 heavy (non-hydrogen) atoms. The average Bonchev–Trinajstić information content (AvgIpc) is 3.14. The summed E-state index contributed by atoms with van der Waals surface area (Å²) in [4.78, 5) is 0. The van der Waals surface area contributed by atoms with Gasteiger partial charge in [0.15, 0.2) is 0 Å². The van der Waals surface area contributed by atoms with Crippen molar-refractivity contribution in [2.45, 2.75) is 56.8 Å². The first kappa shape index (κ1) is 12.2. The van der Waals surface area contributed by atoms with Crippen LogP contribution in [-0.4, -0.2) is 16.8 Å². The molecule has 1 N–H and O–H groups in total. The summed E-state index contributed by atoms with van der Waals surface area (Å²) in [5.41, 5.74) is -0.162. The molecule has 2 heteroatoms. The molecule has 1 saturated heterocycles. The van der Waals surface area contributed by atoms with E-state index >= 15 is 0 Å². The Balaban J connectivity index is 2.03. The lowest BCUT2D eigenvalue weighted by atomic mass is 9.67. The van der Waals surface area contributed by atoms with Crippen LogP contribution in [0, 0.1) is 5.92 Å². The van der Waals surface area contributed by atoms with Crippen molar-refractivity contribution in [3.63, 3.8) is 0 Å². The van der Waals surface area contributed by atoms with Crippen LogP contribution in [0.15, 0.2) is 30.3 Å². The highest BCUT2D eigenvalue weighted by Gasteiger charge is 2.70. The Hall–Kier alpha value is -0.860. The molecule has 1 aliphatic carbocycles. The van der Waals surface area contributed by atoms with Crippen molar-refractivity contribution in [1.82, 2.24) is 0 Å². The maximum atomic E-state index is 11.4. The molecule has 0 unspecified atom stereocenters. The molecule has 2 fully saturated rings. The summed E-state index contributed by atoms with van der Waals surface area (Å²) >= 11 is 0. The van der Waals surface area contributed by atoms with E-state index in [4.69, 9.17) is 4.74 Å². The maximum absolute atomic E-state index is 11.4. The molecule has 98 valence electrons. The van der Waals surface area contributed by atoms with Crippen molar-refractivity contribution in [3.8, 4) is 0 Å². The Bertz CT molecular complexity index is 428. The third kappa shape index (κ3) is 1.49. The first-order chi connectivity index (χ1) is 8.61. The summed E-state index contributed by atoms with van der Waals surface area (Å²) in [6.45, 7) is 4.18. The van der Waals surface area contributed by atoms with Gasteiger partial charge in [0.2, 0.25) is 0 Å². The molecule has 0 spiro atoms. The summed E-state index contributed by atoms with van der Waals surface area (Å²) < 4.78 is 6.00. The van der Waals surface area contributed by atoms with E-state index in [0.29, 0.717) is 0 Å². The van der Waals surface area contributed by atoms with Crippen LogP contribution in [0.4, 0.5) is 0 Å². The van der Waals surface area contributed by atoms with Gasteiger partial charge in [-0.05, 0) is 24.3 Å². The minimum atomic E-state index is -0.848. The molecule has 0 aromatic heterocycles. The fourth-order valence-corrected chi connectivity index (χ4v) is 3.73. The number of hydrogen-bond donors (Lipinski definition) is 1. The lowest BCUT2D eigenvalue weighted by Crippen LogP contribution is -2.49. The molecule has 3 rings (SSSR count). The zero-order valence-corrected chi connectivity index (χ0v) is 11.2. The zero-order chi connectivity index (χ0) is 12.8. The van der Waals surface area contributed by atoms with Gasteiger partial charge >= 0.3 is 0 Å². The van der Waals surface area contributed by atoms with Crippen LogP contribution in [0.5, 0.6) is 0 Å². The molecule has 0 radical (unpaired) electrons. The lowest BCUT2D eigenvalue weighted by molar-refractivity contribution is -0.0864. The highest BCUT2D eigenvalue weighted by molar-refractivity contribution is 5.32. The Morgan fingerprint density at radius 3 is 2.61 bits per heavy atom. The third-order valence-corrected chi connectivity index (χ3v) is 4.77. The van der Waals surface area contributed by atoms with E-state index in [2.05, 4.69) is 13.8 Å². The molecule has 1 saturated carbocycles. The summed E-state index contributed by atoms with van der Waals surface area (Å²) in [5, 5.41) is 11.4. The zero-order valence-electron chi connectivity index (χ0n) is 11.2. The molecule has 2 aliphatic rings. The summed E-state index contributed by atoms with van der Waals surface area (Å²) in [6, 6.07) is 10.1. The van der Waals surface area contributed by atoms with Gasteiger partial charge in [0.1, 0.15) is 11.2 Å². The van der Waals surface area contributed by atoms with Gasteiger partial charge < -0.3 is 9.84 Å². The van der Waals surface area contributed by atoms with Crippen LogP contribution >= 0.6 is 0 Å². The van der Waals surface area contributed by atoms with Crippen LogP contribution in [0.1, 0.15) is 45.1 Å². The second kappa shape index (κ2) is 4.07.